The molecular formula is C17H22ClNO. The number of hydrogen-bond acceptors (Lipinski definition) is 2. The maximum atomic E-state index is 6.23. The summed E-state index contributed by atoms with van der Waals surface area (Å²) in [4.78, 5) is 0. The van der Waals surface area contributed by atoms with Crippen LogP contribution in [-0.2, 0) is 11.3 Å². The van der Waals surface area contributed by atoms with Gasteiger partial charge in [-0.1, -0.05) is 60.2 Å². The summed E-state index contributed by atoms with van der Waals surface area (Å²) in [6.45, 7) is 4.69. The fraction of sp³-hybridized carbons (Fsp3) is 0.294. The molecule has 2 atom stereocenters. The topological polar surface area (TPSA) is 35.2 Å². The Morgan fingerprint density at radius 3 is 2.20 bits per heavy atom. The summed E-state index contributed by atoms with van der Waals surface area (Å²) in [7, 11) is 0. The Bertz CT molecular complexity index is 498. The molecule has 2 aromatic rings. The molecular weight excluding hydrogens is 270 g/mol. The lowest BCUT2D eigenvalue weighted by Crippen LogP contribution is -2.26. The quantitative estimate of drug-likeness (QED) is 0.903. The van der Waals surface area contributed by atoms with Crippen LogP contribution in [0.5, 0.6) is 0 Å². The first-order chi connectivity index (χ1) is 9.16. The Hall–Kier alpha value is -1.35. The predicted octanol–water partition coefficient (Wildman–Crippen LogP) is 4.02. The zero-order chi connectivity index (χ0) is 13.7. The van der Waals surface area contributed by atoms with Crippen molar-refractivity contribution in [3.8, 4) is 0 Å². The van der Waals surface area contributed by atoms with Gasteiger partial charge in [-0.2, -0.15) is 0 Å². The van der Waals surface area contributed by atoms with Gasteiger partial charge in [0.2, 0.25) is 0 Å². The van der Waals surface area contributed by atoms with Crippen LogP contribution in [0.3, 0.4) is 0 Å². The highest BCUT2D eigenvalue weighted by atomic mass is 35.5. The number of hydrogen-bond donors (Lipinski definition) is 1. The molecule has 0 aliphatic heterocycles. The Balaban J connectivity index is 0.00000200. The summed E-state index contributed by atoms with van der Waals surface area (Å²) in [5, 5.41) is 0. The van der Waals surface area contributed by atoms with Gasteiger partial charge in [-0.25, -0.2) is 0 Å². The van der Waals surface area contributed by atoms with Crippen molar-refractivity contribution in [2.24, 2.45) is 5.73 Å². The van der Waals surface area contributed by atoms with Crippen molar-refractivity contribution < 1.29 is 4.74 Å². The lowest BCUT2D eigenvalue weighted by Gasteiger charge is -2.21. The molecule has 0 amide bonds. The fourth-order valence-corrected chi connectivity index (χ4v) is 1.97. The Kier molecular flexibility index (Phi) is 6.73. The maximum Gasteiger partial charge on any atom is 0.0744 e. The third-order valence-electron chi connectivity index (χ3n) is 3.32. The van der Waals surface area contributed by atoms with Crippen molar-refractivity contribution in [3.05, 3.63) is 71.3 Å². The summed E-state index contributed by atoms with van der Waals surface area (Å²) < 4.78 is 5.85. The fourth-order valence-electron chi connectivity index (χ4n) is 1.97. The molecule has 0 aromatic heterocycles. The first kappa shape index (κ1) is 16.7. The van der Waals surface area contributed by atoms with Crippen LogP contribution in [0.1, 0.15) is 29.7 Å². The van der Waals surface area contributed by atoms with Crippen molar-refractivity contribution in [1.82, 2.24) is 0 Å². The molecule has 108 valence electrons. The second-order valence-corrected chi connectivity index (χ2v) is 4.94. The van der Waals surface area contributed by atoms with E-state index >= 15 is 0 Å². The molecule has 0 saturated carbocycles. The molecule has 0 bridgehead atoms. The van der Waals surface area contributed by atoms with Crippen LogP contribution < -0.4 is 5.73 Å². The van der Waals surface area contributed by atoms with Crippen molar-refractivity contribution >= 4 is 12.4 Å². The predicted molar refractivity (Wildman–Crippen MR) is 86.0 cm³/mol. The molecule has 0 saturated heterocycles. The average Bonchev–Trinajstić information content (AvgIpc) is 2.46. The van der Waals surface area contributed by atoms with Crippen LogP contribution in [0.4, 0.5) is 0 Å². The minimum atomic E-state index is -0.0932. The number of benzene rings is 2. The SMILES string of the molecule is Cc1ccc([C@H](N)[C@H](C)OCc2ccccc2)cc1.Cl. The minimum absolute atomic E-state index is 0. The van der Waals surface area contributed by atoms with E-state index in [2.05, 4.69) is 43.3 Å². The van der Waals surface area contributed by atoms with Gasteiger partial charge in [-0.05, 0) is 25.0 Å². The van der Waals surface area contributed by atoms with Gasteiger partial charge in [0.15, 0.2) is 0 Å². The lowest BCUT2D eigenvalue weighted by molar-refractivity contribution is 0.0357. The first-order valence-corrected chi connectivity index (χ1v) is 6.64. The van der Waals surface area contributed by atoms with E-state index in [9.17, 15) is 0 Å². The maximum absolute atomic E-state index is 6.23. The number of nitrogens with two attached hydrogens (primary N) is 1. The van der Waals surface area contributed by atoms with Gasteiger partial charge in [0.05, 0.1) is 18.8 Å². The summed E-state index contributed by atoms with van der Waals surface area (Å²) in [5.74, 6) is 0. The van der Waals surface area contributed by atoms with Gasteiger partial charge in [0.1, 0.15) is 0 Å². The van der Waals surface area contributed by atoms with Gasteiger partial charge in [-0.15, -0.1) is 12.4 Å². The van der Waals surface area contributed by atoms with E-state index in [-0.39, 0.29) is 24.6 Å². The number of halogens is 1. The first-order valence-electron chi connectivity index (χ1n) is 6.64. The minimum Gasteiger partial charge on any atom is -0.372 e. The summed E-state index contributed by atoms with van der Waals surface area (Å²) in [6, 6.07) is 18.4. The number of rotatable bonds is 5. The normalized spacial score (nSPS) is 13.3. The third-order valence-corrected chi connectivity index (χ3v) is 3.32. The van der Waals surface area contributed by atoms with Crippen molar-refractivity contribution in [2.75, 3.05) is 0 Å². The van der Waals surface area contributed by atoms with Crippen LogP contribution in [0, 0.1) is 6.92 Å². The molecule has 20 heavy (non-hydrogen) atoms. The second-order valence-electron chi connectivity index (χ2n) is 4.94. The Morgan fingerprint density at radius 1 is 1.00 bits per heavy atom. The van der Waals surface area contributed by atoms with Crippen LogP contribution in [0.2, 0.25) is 0 Å². The van der Waals surface area contributed by atoms with Crippen LogP contribution in [0.15, 0.2) is 54.6 Å². The highest BCUT2D eigenvalue weighted by Crippen LogP contribution is 2.18. The molecule has 0 aliphatic rings. The zero-order valence-electron chi connectivity index (χ0n) is 12.0. The summed E-state index contributed by atoms with van der Waals surface area (Å²) in [5.41, 5.74) is 9.76. The lowest BCUT2D eigenvalue weighted by atomic mass is 10.0. The number of ether oxygens (including phenoxy) is 1. The standard InChI is InChI=1S/C17H21NO.ClH/c1-13-8-10-16(11-9-13)17(18)14(2)19-12-15-6-4-3-5-7-15;/h3-11,14,17H,12,18H2,1-2H3;1H/t14-,17+;/m0./s1. The molecule has 0 unspecified atom stereocenters. The monoisotopic (exact) mass is 291 g/mol. The van der Waals surface area contributed by atoms with Gasteiger partial charge in [-0.3, -0.25) is 0 Å². The highest BCUT2D eigenvalue weighted by molar-refractivity contribution is 5.85. The van der Waals surface area contributed by atoms with E-state index in [1.807, 2.05) is 25.1 Å². The second kappa shape index (κ2) is 8.05. The van der Waals surface area contributed by atoms with E-state index in [1.54, 1.807) is 0 Å². The smallest absolute Gasteiger partial charge is 0.0744 e. The average molecular weight is 292 g/mol. The van der Waals surface area contributed by atoms with Crippen LogP contribution >= 0.6 is 12.4 Å². The zero-order valence-corrected chi connectivity index (χ0v) is 12.8. The van der Waals surface area contributed by atoms with Gasteiger partial charge >= 0.3 is 0 Å². The van der Waals surface area contributed by atoms with Crippen LogP contribution in [-0.4, -0.2) is 6.10 Å². The summed E-state index contributed by atoms with van der Waals surface area (Å²) in [6.07, 6.45) is -0.0112. The molecule has 0 heterocycles. The van der Waals surface area contributed by atoms with E-state index in [4.69, 9.17) is 10.5 Å². The Morgan fingerprint density at radius 2 is 1.60 bits per heavy atom. The van der Waals surface area contributed by atoms with Crippen molar-refractivity contribution in [3.63, 3.8) is 0 Å². The van der Waals surface area contributed by atoms with E-state index in [0.717, 1.165) is 5.56 Å². The Labute approximate surface area is 127 Å². The molecule has 0 aliphatic carbocycles. The van der Waals surface area contributed by atoms with Crippen LogP contribution in [0.25, 0.3) is 0 Å². The van der Waals surface area contributed by atoms with E-state index in [0.29, 0.717) is 6.61 Å². The summed E-state index contributed by atoms with van der Waals surface area (Å²) >= 11 is 0. The molecule has 2 rings (SSSR count). The largest absolute Gasteiger partial charge is 0.372 e. The molecule has 2 nitrogen and oxygen atoms in total. The van der Waals surface area contributed by atoms with E-state index < -0.39 is 0 Å². The molecule has 0 fully saturated rings. The number of aryl methyl sites for hydroxylation is 1. The third kappa shape index (κ3) is 4.64. The molecule has 0 spiro atoms. The molecule has 0 radical (unpaired) electrons. The van der Waals surface area contributed by atoms with E-state index in [1.165, 1.54) is 11.1 Å². The van der Waals surface area contributed by atoms with Crippen molar-refractivity contribution in [1.29, 1.82) is 0 Å². The van der Waals surface area contributed by atoms with Crippen molar-refractivity contribution in [2.45, 2.75) is 32.6 Å². The molecule has 2 N–H and O–H groups in total. The molecule has 3 heteroatoms. The molecule has 2 aromatic carbocycles. The van der Waals surface area contributed by atoms with Gasteiger partial charge in [0.25, 0.3) is 0 Å². The van der Waals surface area contributed by atoms with Gasteiger partial charge in [0, 0.05) is 0 Å². The van der Waals surface area contributed by atoms with Gasteiger partial charge < -0.3 is 10.5 Å². The highest BCUT2D eigenvalue weighted by Gasteiger charge is 2.15.